The average Bonchev–Trinajstić information content (AvgIpc) is 1.25. The zero-order chi connectivity index (χ0) is 81.9. The molecule has 0 saturated heterocycles. The fourth-order valence-corrected chi connectivity index (χ4v) is 20.3. The lowest BCUT2D eigenvalue weighted by atomic mass is 9.55. The summed E-state index contributed by atoms with van der Waals surface area (Å²) in [5.74, 6) is 0. The number of nitrogens with zero attached hydrogens (tertiary/aromatic N) is 3. The molecule has 23 rings (SSSR count). The van der Waals surface area contributed by atoms with E-state index in [1.165, 1.54) is 149 Å². The van der Waals surface area contributed by atoms with Gasteiger partial charge in [0.15, 0.2) is 0 Å². The molecule has 16 aromatic carbocycles. The smallest absolute Gasteiger partial charge is 0.136 e. The highest BCUT2D eigenvalue weighted by molar-refractivity contribution is 6.15. The number of benzene rings is 16. The molecule has 120 heavy (non-hydrogen) atoms. The molecule has 0 radical (unpaired) electrons. The van der Waals surface area contributed by atoms with Gasteiger partial charge in [-0.2, -0.15) is 0 Å². The van der Waals surface area contributed by atoms with E-state index < -0.39 is 0 Å². The first-order chi connectivity index (χ1) is 58.1. The Morgan fingerprint density at radius 2 is 0.583 bits per heavy atom. The molecule has 6 heteroatoms. The number of hydrogen-bond donors (Lipinski definition) is 0. The van der Waals surface area contributed by atoms with Crippen LogP contribution in [0, 0.1) is 0 Å². The number of fused-ring (bicyclic) bond motifs is 23. The number of para-hydroxylation sites is 9. The van der Waals surface area contributed by atoms with Crippen molar-refractivity contribution in [3.05, 3.63) is 391 Å². The monoisotopic (exact) mass is 1550 g/mol. The van der Waals surface area contributed by atoms with Crippen LogP contribution in [0.1, 0.15) is 116 Å². The minimum atomic E-state index is -0.134. The number of furan rings is 3. The van der Waals surface area contributed by atoms with E-state index in [9.17, 15) is 0 Å². The molecule has 4 aromatic heterocycles. The maximum absolute atomic E-state index is 6.34. The van der Waals surface area contributed by atoms with Crippen LogP contribution >= 0.6 is 0 Å². The lowest BCUT2D eigenvalue weighted by Crippen LogP contribution is -2.43. The summed E-state index contributed by atoms with van der Waals surface area (Å²) < 4.78 is 21.3. The van der Waals surface area contributed by atoms with E-state index in [1.54, 1.807) is 0 Å². The number of rotatable bonds is 8. The van der Waals surface area contributed by atoms with Crippen LogP contribution in [-0.2, 0) is 32.5 Å². The second-order valence-electron chi connectivity index (χ2n) is 36.3. The van der Waals surface area contributed by atoms with Crippen LogP contribution in [0.25, 0.3) is 138 Å². The molecule has 20 aromatic rings. The molecule has 0 amide bonds. The van der Waals surface area contributed by atoms with E-state index in [-0.39, 0.29) is 32.5 Å². The molecule has 6 nitrogen and oxygen atoms in total. The van der Waals surface area contributed by atoms with E-state index in [2.05, 4.69) is 443 Å². The summed E-state index contributed by atoms with van der Waals surface area (Å²) in [4.78, 5) is 4.71. The van der Waals surface area contributed by atoms with Gasteiger partial charge in [-0.3, -0.25) is 0 Å². The van der Waals surface area contributed by atoms with Gasteiger partial charge in [0.2, 0.25) is 0 Å². The highest BCUT2D eigenvalue weighted by Gasteiger charge is 2.50. The molecule has 3 aliphatic carbocycles. The normalized spacial score (nSPS) is 15.2. The summed E-state index contributed by atoms with van der Waals surface area (Å²) in [7, 11) is 0. The van der Waals surface area contributed by atoms with Gasteiger partial charge in [0.05, 0.1) is 11.0 Å². The molecule has 584 valence electrons. The van der Waals surface area contributed by atoms with Crippen LogP contribution in [0.3, 0.4) is 0 Å². The summed E-state index contributed by atoms with van der Waals surface area (Å²) >= 11 is 0. The minimum absolute atomic E-state index is 0.0819. The van der Waals surface area contributed by atoms with Crippen molar-refractivity contribution in [2.45, 2.75) is 116 Å². The van der Waals surface area contributed by atoms with Crippen molar-refractivity contribution in [1.82, 2.24) is 4.57 Å². The molecule has 0 aliphatic heterocycles. The van der Waals surface area contributed by atoms with Gasteiger partial charge in [-0.1, -0.05) is 295 Å². The summed E-state index contributed by atoms with van der Waals surface area (Å²) in [6.45, 7) is 28.7. The SMILES string of the molecule is CC1(C)c2cc(-c3ccc(-n4c5ccccc5c5ccccc54)cc3)ccc2-c2c(ccc3oc4ccccc4c23)C1(C)C.CC1(C)c2cc(N(c3ccccc3)c3ccccc3)ccc2-c2cc3c(cc2C1(C)C)oc1ccccc13.CC1(C)c2cc(N(c3ccccc3)c3ccccc3)ccc2-c2ccc3oc4ccccc4c3c2C1(C)C. The summed E-state index contributed by atoms with van der Waals surface area (Å²) in [5.41, 5.74) is 34.2. The van der Waals surface area contributed by atoms with E-state index in [1.807, 2.05) is 12.1 Å². The molecule has 0 N–H and O–H groups in total. The molecule has 0 atom stereocenters. The van der Waals surface area contributed by atoms with E-state index in [0.29, 0.717) is 0 Å². The van der Waals surface area contributed by atoms with Gasteiger partial charge < -0.3 is 27.6 Å². The Labute approximate surface area is 701 Å². The topological polar surface area (TPSA) is 50.8 Å². The van der Waals surface area contributed by atoms with Crippen LogP contribution < -0.4 is 9.80 Å². The Morgan fingerprint density at radius 3 is 1.10 bits per heavy atom. The Kier molecular flexibility index (Phi) is 16.9. The lowest BCUT2D eigenvalue weighted by molar-refractivity contribution is 0.299. The van der Waals surface area contributed by atoms with E-state index >= 15 is 0 Å². The first kappa shape index (κ1) is 73.9. The zero-order valence-corrected chi connectivity index (χ0v) is 70.1. The molecule has 0 fully saturated rings. The van der Waals surface area contributed by atoms with Gasteiger partial charge in [0.25, 0.3) is 0 Å². The maximum Gasteiger partial charge on any atom is 0.136 e. The zero-order valence-electron chi connectivity index (χ0n) is 70.1. The number of hydrogen-bond acceptors (Lipinski definition) is 5. The van der Waals surface area contributed by atoms with Gasteiger partial charge in [-0.25, -0.2) is 0 Å². The molecule has 0 spiro atoms. The van der Waals surface area contributed by atoms with Crippen LogP contribution in [0.5, 0.6) is 0 Å². The highest BCUT2D eigenvalue weighted by atomic mass is 16.3. The Bertz CT molecular complexity index is 7200. The Balaban J connectivity index is 0.000000112. The second-order valence-corrected chi connectivity index (χ2v) is 36.3. The molecule has 4 heterocycles. The van der Waals surface area contributed by atoms with Crippen molar-refractivity contribution in [3.8, 4) is 50.2 Å². The third-order valence-electron chi connectivity index (χ3n) is 28.8. The average molecular weight is 1560 g/mol. The quantitative estimate of drug-likeness (QED) is 0.152. The number of anilines is 6. The highest BCUT2D eigenvalue weighted by Crippen LogP contribution is 2.61. The molecular weight excluding hydrogens is 1460 g/mol. The molecule has 3 aliphatic rings. The molecule has 0 saturated carbocycles. The van der Waals surface area contributed by atoms with Crippen LogP contribution in [0.2, 0.25) is 0 Å². The van der Waals surface area contributed by atoms with Crippen LogP contribution in [-0.4, -0.2) is 4.57 Å². The predicted octanol–water partition coefficient (Wildman–Crippen LogP) is 32.2. The van der Waals surface area contributed by atoms with Gasteiger partial charge in [-0.15, -0.1) is 0 Å². The molecule has 0 unspecified atom stereocenters. The van der Waals surface area contributed by atoms with E-state index in [4.69, 9.17) is 13.3 Å². The first-order valence-corrected chi connectivity index (χ1v) is 42.3. The Morgan fingerprint density at radius 1 is 0.217 bits per heavy atom. The van der Waals surface area contributed by atoms with Gasteiger partial charge in [0.1, 0.15) is 33.5 Å². The van der Waals surface area contributed by atoms with Crippen molar-refractivity contribution in [2.24, 2.45) is 0 Å². The molecule has 0 bridgehead atoms. The van der Waals surface area contributed by atoms with Crippen LogP contribution in [0.4, 0.5) is 34.1 Å². The third kappa shape index (κ3) is 11.2. The largest absolute Gasteiger partial charge is 0.456 e. The second kappa shape index (κ2) is 27.5. The summed E-state index contributed by atoms with van der Waals surface area (Å²) in [6.07, 6.45) is 0. The summed E-state index contributed by atoms with van der Waals surface area (Å²) in [6, 6.07) is 129. The fourth-order valence-electron chi connectivity index (χ4n) is 20.3. The van der Waals surface area contributed by atoms with Crippen molar-refractivity contribution < 1.29 is 13.3 Å². The Hall–Kier alpha value is -13.7. The standard InChI is InChI=1S/C42H33NO.2C36H31NO/c1-41(2)33-23-24-38-40(32-13-7-10-16-37(32)44-38)39(33)31-22-19-27(25-34(31)42(41,3)4)26-17-20-28(21-18-26)43-35-14-8-5-11-29(35)30-12-6-9-15-36(30)43;1-35(2)31-21-26(37(24-13-7-5-8-14-24)25-15-9-6-10-16-25)19-20-27(31)29-22-30-28-17-11-12-18-33(28)38-34(30)23-32(29)36(35,3)4;1-35(2)30-23-26(37(24-13-7-5-8-14-24)25-15-9-6-10-16-25)19-20-27(30)28-21-22-32-33(34(28)36(35,3)4)29-17-11-12-18-31(29)38-32/h5-25H,1-4H3;2*5-23H,1-4H3. The fraction of sp³-hybridized carbons (Fsp3) is 0.158. The third-order valence-corrected chi connectivity index (χ3v) is 28.8. The maximum atomic E-state index is 6.34. The number of aromatic nitrogens is 1. The van der Waals surface area contributed by atoms with Gasteiger partial charge >= 0.3 is 0 Å². The first-order valence-electron chi connectivity index (χ1n) is 42.3. The van der Waals surface area contributed by atoms with Crippen molar-refractivity contribution >= 4 is 122 Å². The molecular formula is C114H95N3O3. The summed E-state index contributed by atoms with van der Waals surface area (Å²) in [5, 5.41) is 9.78. The minimum Gasteiger partial charge on any atom is -0.456 e. The van der Waals surface area contributed by atoms with Crippen molar-refractivity contribution in [3.63, 3.8) is 0 Å². The van der Waals surface area contributed by atoms with Crippen LogP contribution in [0.15, 0.2) is 371 Å². The van der Waals surface area contributed by atoms with E-state index in [0.717, 1.165) is 56.2 Å². The predicted molar refractivity (Wildman–Crippen MR) is 505 cm³/mol. The van der Waals surface area contributed by atoms with Crippen molar-refractivity contribution in [1.29, 1.82) is 0 Å². The van der Waals surface area contributed by atoms with Crippen molar-refractivity contribution in [2.75, 3.05) is 9.80 Å². The van der Waals surface area contributed by atoms with Gasteiger partial charge in [-0.05, 0) is 251 Å². The lowest BCUT2D eigenvalue weighted by Gasteiger charge is -2.49. The van der Waals surface area contributed by atoms with Gasteiger partial charge in [0, 0.05) is 88.3 Å².